The highest BCUT2D eigenvalue weighted by atomic mass is 16.5. The minimum atomic E-state index is -0.117. The van der Waals surface area contributed by atoms with E-state index in [0.29, 0.717) is 24.9 Å². The first-order chi connectivity index (χ1) is 9.15. The zero-order chi connectivity index (χ0) is 13.7. The highest BCUT2D eigenvalue weighted by Crippen LogP contribution is 2.11. The molecule has 1 fully saturated rings. The maximum Gasteiger partial charge on any atom is 0.248 e. The molecule has 1 aliphatic heterocycles. The Hall–Kier alpha value is -1.47. The number of aromatic nitrogens is 2. The first-order valence-corrected chi connectivity index (χ1v) is 6.37. The van der Waals surface area contributed by atoms with Crippen molar-refractivity contribution in [3.8, 4) is 0 Å². The van der Waals surface area contributed by atoms with Gasteiger partial charge in [-0.05, 0) is 19.8 Å². The van der Waals surface area contributed by atoms with E-state index in [0.717, 1.165) is 19.4 Å². The summed E-state index contributed by atoms with van der Waals surface area (Å²) in [7, 11) is 1.68. The molecule has 1 amide bonds. The minimum absolute atomic E-state index is 0.0451. The second-order valence-corrected chi connectivity index (χ2v) is 4.64. The SMILES string of the molecule is Cc1noc(CN(C)C(=O)COC[C@H]2CCCO2)n1. The first-order valence-electron chi connectivity index (χ1n) is 6.37. The summed E-state index contributed by atoms with van der Waals surface area (Å²) in [5.74, 6) is 0.867. The lowest BCUT2D eigenvalue weighted by molar-refractivity contribution is -0.136. The molecule has 1 aliphatic rings. The van der Waals surface area contributed by atoms with Crippen molar-refractivity contribution in [3.63, 3.8) is 0 Å². The van der Waals surface area contributed by atoms with E-state index >= 15 is 0 Å². The molecular weight excluding hydrogens is 250 g/mol. The first kappa shape index (κ1) is 14.0. The molecule has 2 heterocycles. The topological polar surface area (TPSA) is 77.7 Å². The number of hydrogen-bond acceptors (Lipinski definition) is 6. The van der Waals surface area contributed by atoms with Crippen LogP contribution in [0.5, 0.6) is 0 Å². The summed E-state index contributed by atoms with van der Waals surface area (Å²) < 4.78 is 15.7. The van der Waals surface area contributed by atoms with Crippen LogP contribution in [0, 0.1) is 6.92 Å². The lowest BCUT2D eigenvalue weighted by Gasteiger charge is -2.15. The van der Waals surface area contributed by atoms with Gasteiger partial charge >= 0.3 is 0 Å². The third-order valence-corrected chi connectivity index (χ3v) is 2.92. The van der Waals surface area contributed by atoms with Crippen LogP contribution in [0.4, 0.5) is 0 Å². The van der Waals surface area contributed by atoms with Crippen LogP contribution in [-0.4, -0.2) is 53.9 Å². The second kappa shape index (κ2) is 6.63. The Labute approximate surface area is 111 Å². The summed E-state index contributed by atoms with van der Waals surface area (Å²) in [5.41, 5.74) is 0. The van der Waals surface area contributed by atoms with E-state index in [9.17, 15) is 4.79 Å². The normalized spacial score (nSPS) is 18.7. The Morgan fingerprint density at radius 1 is 1.58 bits per heavy atom. The fourth-order valence-electron chi connectivity index (χ4n) is 1.86. The van der Waals surface area contributed by atoms with Crippen molar-refractivity contribution in [2.24, 2.45) is 0 Å². The molecule has 0 saturated carbocycles. The molecule has 0 spiro atoms. The fourth-order valence-corrected chi connectivity index (χ4v) is 1.86. The molecule has 0 radical (unpaired) electrons. The standard InChI is InChI=1S/C12H19N3O4/c1-9-13-11(19-14-9)6-15(2)12(16)8-17-7-10-4-3-5-18-10/h10H,3-8H2,1-2H3/t10-/m1/s1. The van der Waals surface area contributed by atoms with E-state index in [2.05, 4.69) is 10.1 Å². The van der Waals surface area contributed by atoms with Crippen LogP contribution in [0.25, 0.3) is 0 Å². The quantitative estimate of drug-likeness (QED) is 0.749. The van der Waals surface area contributed by atoms with Gasteiger partial charge < -0.3 is 18.9 Å². The lowest BCUT2D eigenvalue weighted by atomic mass is 10.2. The zero-order valence-electron chi connectivity index (χ0n) is 11.3. The molecule has 106 valence electrons. The molecule has 0 aliphatic carbocycles. The number of nitrogens with zero attached hydrogens (tertiary/aromatic N) is 3. The largest absolute Gasteiger partial charge is 0.376 e. The van der Waals surface area contributed by atoms with Gasteiger partial charge in [-0.15, -0.1) is 0 Å². The average molecular weight is 269 g/mol. The molecular formula is C12H19N3O4. The van der Waals surface area contributed by atoms with Crippen molar-refractivity contribution in [3.05, 3.63) is 11.7 Å². The number of likely N-dealkylation sites (N-methyl/N-ethyl adjacent to an activating group) is 1. The van der Waals surface area contributed by atoms with Gasteiger partial charge in [0.1, 0.15) is 6.61 Å². The van der Waals surface area contributed by atoms with Crippen LogP contribution in [0.15, 0.2) is 4.52 Å². The van der Waals surface area contributed by atoms with E-state index in [4.69, 9.17) is 14.0 Å². The molecule has 0 unspecified atom stereocenters. The minimum Gasteiger partial charge on any atom is -0.376 e. The van der Waals surface area contributed by atoms with E-state index in [1.807, 2.05) is 0 Å². The van der Waals surface area contributed by atoms with Crippen LogP contribution < -0.4 is 0 Å². The van der Waals surface area contributed by atoms with Crippen molar-refractivity contribution in [1.29, 1.82) is 0 Å². The molecule has 19 heavy (non-hydrogen) atoms. The van der Waals surface area contributed by atoms with Crippen molar-refractivity contribution < 1.29 is 18.8 Å². The van der Waals surface area contributed by atoms with E-state index in [1.165, 1.54) is 4.90 Å². The number of carbonyl (C=O) groups is 1. The van der Waals surface area contributed by atoms with Crippen molar-refractivity contribution in [1.82, 2.24) is 15.0 Å². The van der Waals surface area contributed by atoms with Gasteiger partial charge in [-0.1, -0.05) is 5.16 Å². The molecule has 0 aromatic carbocycles. The molecule has 2 rings (SSSR count). The predicted molar refractivity (Wildman–Crippen MR) is 65.3 cm³/mol. The molecule has 1 atom stereocenters. The molecule has 1 saturated heterocycles. The summed E-state index contributed by atoms with van der Waals surface area (Å²) in [6.45, 7) is 3.34. The van der Waals surface area contributed by atoms with E-state index in [-0.39, 0.29) is 18.6 Å². The molecule has 7 heteroatoms. The van der Waals surface area contributed by atoms with Crippen molar-refractivity contribution in [2.45, 2.75) is 32.4 Å². The molecule has 7 nitrogen and oxygen atoms in total. The third kappa shape index (κ3) is 4.29. The van der Waals surface area contributed by atoms with E-state index < -0.39 is 0 Å². The average Bonchev–Trinajstić information content (AvgIpc) is 3.01. The highest BCUT2D eigenvalue weighted by Gasteiger charge is 2.17. The second-order valence-electron chi connectivity index (χ2n) is 4.64. The lowest BCUT2D eigenvalue weighted by Crippen LogP contribution is -2.31. The van der Waals surface area contributed by atoms with Gasteiger partial charge in [0, 0.05) is 13.7 Å². The number of hydrogen-bond donors (Lipinski definition) is 0. The van der Waals surface area contributed by atoms with Gasteiger partial charge in [0.15, 0.2) is 5.82 Å². The number of amides is 1. The van der Waals surface area contributed by atoms with Crippen molar-refractivity contribution in [2.75, 3.05) is 26.9 Å². The third-order valence-electron chi connectivity index (χ3n) is 2.92. The van der Waals surface area contributed by atoms with Gasteiger partial charge in [-0.2, -0.15) is 4.98 Å². The van der Waals surface area contributed by atoms with Crippen LogP contribution in [0.3, 0.4) is 0 Å². The van der Waals surface area contributed by atoms with Crippen LogP contribution >= 0.6 is 0 Å². The fraction of sp³-hybridized carbons (Fsp3) is 0.750. The number of ether oxygens (including phenoxy) is 2. The molecule has 1 aromatic heterocycles. The maximum atomic E-state index is 11.8. The van der Waals surface area contributed by atoms with Gasteiger partial charge in [-0.3, -0.25) is 4.79 Å². The van der Waals surface area contributed by atoms with Gasteiger partial charge in [0.2, 0.25) is 11.8 Å². The Bertz CT molecular complexity index is 415. The maximum absolute atomic E-state index is 11.8. The Balaban J connectivity index is 1.67. The predicted octanol–water partition coefficient (Wildman–Crippen LogP) is 0.532. The molecule has 1 aromatic rings. The zero-order valence-corrected chi connectivity index (χ0v) is 11.3. The highest BCUT2D eigenvalue weighted by molar-refractivity contribution is 5.77. The Morgan fingerprint density at radius 2 is 2.42 bits per heavy atom. The summed E-state index contributed by atoms with van der Waals surface area (Å²) in [6, 6.07) is 0. The van der Waals surface area contributed by atoms with Crippen LogP contribution in [0.1, 0.15) is 24.6 Å². The monoisotopic (exact) mass is 269 g/mol. The van der Waals surface area contributed by atoms with Crippen LogP contribution in [-0.2, 0) is 20.8 Å². The Morgan fingerprint density at radius 3 is 3.05 bits per heavy atom. The van der Waals surface area contributed by atoms with Gasteiger partial charge in [0.05, 0.1) is 19.3 Å². The van der Waals surface area contributed by atoms with E-state index in [1.54, 1.807) is 14.0 Å². The van der Waals surface area contributed by atoms with Gasteiger partial charge in [0.25, 0.3) is 0 Å². The van der Waals surface area contributed by atoms with Crippen molar-refractivity contribution >= 4 is 5.91 Å². The van der Waals surface area contributed by atoms with Gasteiger partial charge in [-0.25, -0.2) is 0 Å². The summed E-state index contributed by atoms with van der Waals surface area (Å²) in [6.07, 6.45) is 2.21. The smallest absolute Gasteiger partial charge is 0.248 e. The number of carbonyl (C=O) groups excluding carboxylic acids is 1. The summed E-state index contributed by atoms with van der Waals surface area (Å²) in [5, 5.41) is 3.67. The molecule has 0 bridgehead atoms. The Kier molecular flexibility index (Phi) is 4.86. The summed E-state index contributed by atoms with van der Waals surface area (Å²) >= 11 is 0. The number of aryl methyl sites for hydroxylation is 1. The summed E-state index contributed by atoms with van der Waals surface area (Å²) in [4.78, 5) is 17.3. The number of rotatable bonds is 6. The van der Waals surface area contributed by atoms with Crippen LogP contribution in [0.2, 0.25) is 0 Å². The molecule has 0 N–H and O–H groups in total.